The fourth-order valence-electron chi connectivity index (χ4n) is 0.576. The van der Waals surface area contributed by atoms with Crippen LogP contribution in [0.15, 0.2) is 24.3 Å². The van der Waals surface area contributed by atoms with Crippen LogP contribution in [0.2, 0.25) is 0 Å². The van der Waals surface area contributed by atoms with Gasteiger partial charge in [-0.3, -0.25) is 0 Å². The van der Waals surface area contributed by atoms with Crippen LogP contribution >= 0.6 is 0 Å². The van der Waals surface area contributed by atoms with Crippen molar-refractivity contribution in [1.29, 1.82) is 0 Å². The molecule has 76 valence electrons. The van der Waals surface area contributed by atoms with Crippen LogP contribution in [0.4, 0.5) is 0 Å². The highest BCUT2D eigenvalue weighted by Gasteiger charge is 2.07. The molecule has 0 heterocycles. The molecule has 0 radical (unpaired) electrons. The molecule has 0 rings (SSSR count). The Hall–Kier alpha value is -0.640. The predicted molar refractivity (Wildman–Crippen MR) is 52.5 cm³/mol. The summed E-state index contributed by atoms with van der Waals surface area (Å²) in [4.78, 5) is 0. The molecule has 0 aromatic carbocycles. The first-order valence-electron chi connectivity index (χ1n) is 4.19. The standard InChI is InChI=1S/C10H18O3/c1-7(2)9(11)5-13-6-10(12)8(3)4/h9-12H,1,3,5-6H2,2,4H3. The third-order valence-electron chi connectivity index (χ3n) is 1.69. The van der Waals surface area contributed by atoms with E-state index in [1.54, 1.807) is 13.8 Å². The molecule has 0 aliphatic rings. The zero-order valence-corrected chi connectivity index (χ0v) is 8.29. The molecular weight excluding hydrogens is 168 g/mol. The van der Waals surface area contributed by atoms with Gasteiger partial charge < -0.3 is 14.9 Å². The summed E-state index contributed by atoms with van der Waals surface area (Å²) < 4.78 is 5.06. The first-order valence-corrected chi connectivity index (χ1v) is 4.19. The zero-order chi connectivity index (χ0) is 10.4. The van der Waals surface area contributed by atoms with Gasteiger partial charge in [-0.15, -0.1) is 0 Å². The van der Waals surface area contributed by atoms with Gasteiger partial charge in [0, 0.05) is 0 Å². The van der Waals surface area contributed by atoms with Gasteiger partial charge in [0.2, 0.25) is 0 Å². The topological polar surface area (TPSA) is 49.7 Å². The molecule has 0 amide bonds. The van der Waals surface area contributed by atoms with E-state index >= 15 is 0 Å². The van der Waals surface area contributed by atoms with E-state index in [1.165, 1.54) is 0 Å². The second-order valence-corrected chi connectivity index (χ2v) is 3.26. The molecule has 0 aromatic heterocycles. The largest absolute Gasteiger partial charge is 0.386 e. The van der Waals surface area contributed by atoms with E-state index in [1.807, 2.05) is 0 Å². The van der Waals surface area contributed by atoms with Gasteiger partial charge in [0.15, 0.2) is 0 Å². The van der Waals surface area contributed by atoms with Crippen molar-refractivity contribution >= 4 is 0 Å². The fourth-order valence-corrected chi connectivity index (χ4v) is 0.576. The third kappa shape index (κ3) is 5.58. The Morgan fingerprint density at radius 1 is 1.08 bits per heavy atom. The molecule has 2 atom stereocenters. The van der Waals surface area contributed by atoms with Gasteiger partial charge in [0.05, 0.1) is 25.4 Å². The number of rotatable bonds is 6. The lowest BCUT2D eigenvalue weighted by molar-refractivity contribution is 0.0141. The molecule has 0 spiro atoms. The fraction of sp³-hybridized carbons (Fsp3) is 0.600. The number of aliphatic hydroxyl groups is 2. The second-order valence-electron chi connectivity index (χ2n) is 3.26. The molecule has 0 saturated carbocycles. The Bertz CT molecular complexity index is 167. The van der Waals surface area contributed by atoms with E-state index < -0.39 is 12.2 Å². The maximum atomic E-state index is 9.25. The first-order chi connectivity index (χ1) is 5.95. The van der Waals surface area contributed by atoms with Crippen molar-refractivity contribution in [3.8, 4) is 0 Å². The molecular formula is C10H18O3. The molecule has 3 nitrogen and oxygen atoms in total. The van der Waals surface area contributed by atoms with E-state index in [0.29, 0.717) is 11.1 Å². The number of aliphatic hydroxyl groups excluding tert-OH is 2. The predicted octanol–water partition coefficient (Wildman–Crippen LogP) is 0.877. The average Bonchev–Trinajstić information content (AvgIpc) is 2.03. The molecule has 0 bridgehead atoms. The Morgan fingerprint density at radius 3 is 1.62 bits per heavy atom. The van der Waals surface area contributed by atoms with E-state index in [4.69, 9.17) is 4.74 Å². The first kappa shape index (κ1) is 12.4. The highest BCUT2D eigenvalue weighted by atomic mass is 16.5. The lowest BCUT2D eigenvalue weighted by atomic mass is 10.2. The van der Waals surface area contributed by atoms with Gasteiger partial charge in [-0.05, 0) is 25.0 Å². The van der Waals surface area contributed by atoms with Crippen LogP contribution in [-0.4, -0.2) is 35.6 Å². The van der Waals surface area contributed by atoms with Crippen LogP contribution in [0, 0.1) is 0 Å². The van der Waals surface area contributed by atoms with Crippen LogP contribution in [-0.2, 0) is 4.74 Å². The summed E-state index contributed by atoms with van der Waals surface area (Å²) in [6, 6.07) is 0. The van der Waals surface area contributed by atoms with Gasteiger partial charge in [-0.2, -0.15) is 0 Å². The van der Waals surface area contributed by atoms with E-state index in [-0.39, 0.29) is 13.2 Å². The minimum Gasteiger partial charge on any atom is -0.386 e. The monoisotopic (exact) mass is 186 g/mol. The molecule has 0 aromatic rings. The van der Waals surface area contributed by atoms with Gasteiger partial charge in [0.25, 0.3) is 0 Å². The van der Waals surface area contributed by atoms with Gasteiger partial charge >= 0.3 is 0 Å². The summed E-state index contributed by atoms with van der Waals surface area (Å²) in [5.41, 5.74) is 1.31. The van der Waals surface area contributed by atoms with E-state index in [0.717, 1.165) is 0 Å². The maximum Gasteiger partial charge on any atom is 0.0978 e. The van der Waals surface area contributed by atoms with Crippen LogP contribution in [0.5, 0.6) is 0 Å². The Labute approximate surface area is 79.3 Å². The van der Waals surface area contributed by atoms with Crippen molar-refractivity contribution in [3.63, 3.8) is 0 Å². The normalized spacial score (nSPS) is 15.1. The van der Waals surface area contributed by atoms with Crippen LogP contribution in [0.25, 0.3) is 0 Å². The van der Waals surface area contributed by atoms with Crippen molar-refractivity contribution in [2.75, 3.05) is 13.2 Å². The van der Waals surface area contributed by atoms with Crippen molar-refractivity contribution in [2.24, 2.45) is 0 Å². The highest BCUT2D eigenvalue weighted by molar-refractivity contribution is 4.98. The zero-order valence-electron chi connectivity index (χ0n) is 8.29. The highest BCUT2D eigenvalue weighted by Crippen LogP contribution is 2.01. The summed E-state index contributed by atoms with van der Waals surface area (Å²) in [5, 5.41) is 18.5. The molecule has 0 aliphatic carbocycles. The van der Waals surface area contributed by atoms with Crippen molar-refractivity contribution in [1.82, 2.24) is 0 Å². The number of hydrogen-bond acceptors (Lipinski definition) is 3. The molecule has 13 heavy (non-hydrogen) atoms. The maximum absolute atomic E-state index is 9.25. The SMILES string of the molecule is C=C(C)C(O)COCC(O)C(=C)C. The molecule has 0 fully saturated rings. The molecule has 0 saturated heterocycles. The van der Waals surface area contributed by atoms with Crippen molar-refractivity contribution < 1.29 is 14.9 Å². The van der Waals surface area contributed by atoms with Crippen molar-refractivity contribution in [2.45, 2.75) is 26.1 Å². The Morgan fingerprint density at radius 2 is 1.38 bits per heavy atom. The second kappa shape index (κ2) is 5.91. The molecule has 2 N–H and O–H groups in total. The Balaban J connectivity index is 3.56. The molecule has 2 unspecified atom stereocenters. The van der Waals surface area contributed by atoms with Gasteiger partial charge in [0.1, 0.15) is 0 Å². The summed E-state index contributed by atoms with van der Waals surface area (Å²) in [7, 11) is 0. The average molecular weight is 186 g/mol. The molecule has 3 heteroatoms. The lowest BCUT2D eigenvalue weighted by Gasteiger charge is -2.13. The van der Waals surface area contributed by atoms with Crippen LogP contribution in [0.3, 0.4) is 0 Å². The summed E-state index contributed by atoms with van der Waals surface area (Å²) in [6.45, 7) is 10.9. The van der Waals surface area contributed by atoms with Crippen molar-refractivity contribution in [3.05, 3.63) is 24.3 Å². The molecule has 0 aliphatic heterocycles. The van der Waals surface area contributed by atoms with Crippen LogP contribution in [0.1, 0.15) is 13.8 Å². The van der Waals surface area contributed by atoms with E-state index in [9.17, 15) is 10.2 Å². The smallest absolute Gasteiger partial charge is 0.0978 e. The minimum atomic E-state index is -0.655. The summed E-state index contributed by atoms with van der Waals surface area (Å²) in [5.74, 6) is 0. The third-order valence-corrected chi connectivity index (χ3v) is 1.69. The number of ether oxygens (including phenoxy) is 1. The quantitative estimate of drug-likeness (QED) is 0.605. The summed E-state index contributed by atoms with van der Waals surface area (Å²) >= 11 is 0. The van der Waals surface area contributed by atoms with Gasteiger partial charge in [-0.1, -0.05) is 13.2 Å². The number of hydrogen-bond donors (Lipinski definition) is 2. The van der Waals surface area contributed by atoms with Crippen LogP contribution < -0.4 is 0 Å². The minimum absolute atomic E-state index is 0.166. The van der Waals surface area contributed by atoms with E-state index in [2.05, 4.69) is 13.2 Å². The lowest BCUT2D eigenvalue weighted by Crippen LogP contribution is -2.22. The Kier molecular flexibility index (Phi) is 5.62. The summed E-state index contributed by atoms with van der Waals surface area (Å²) in [6.07, 6.45) is -1.31. The van der Waals surface area contributed by atoms with Gasteiger partial charge in [-0.25, -0.2) is 0 Å².